The number of nitrogens with two attached hydrogens (primary N) is 1. The van der Waals surface area contributed by atoms with Crippen molar-refractivity contribution in [2.75, 3.05) is 43.5 Å². The van der Waals surface area contributed by atoms with Crippen molar-refractivity contribution in [2.45, 2.75) is 27.2 Å². The van der Waals surface area contributed by atoms with E-state index in [0.29, 0.717) is 12.5 Å². The quantitative estimate of drug-likeness (QED) is 0.812. The smallest absolute Gasteiger partial charge is 0.134 e. The Hall–Kier alpha value is -1.36. The highest BCUT2D eigenvalue weighted by atomic mass is 15.2. The molecule has 0 aliphatic rings. The molecule has 1 aromatic heterocycles. The van der Waals surface area contributed by atoms with Gasteiger partial charge in [0.1, 0.15) is 17.5 Å². The Morgan fingerprint density at radius 1 is 1.16 bits per heavy atom. The first-order chi connectivity index (χ1) is 8.93. The fraction of sp³-hybridized carbons (Fsp3) is 0.714. The van der Waals surface area contributed by atoms with Crippen LogP contribution in [0.1, 0.15) is 26.1 Å². The Balaban J connectivity index is 2.87. The third kappa shape index (κ3) is 5.03. The number of hydrogen-bond acceptors (Lipinski definition) is 5. The highest BCUT2D eigenvalue weighted by Gasteiger charge is 2.10. The number of rotatable bonds is 7. The normalized spacial score (nSPS) is 10.9. The van der Waals surface area contributed by atoms with E-state index in [2.05, 4.69) is 40.7 Å². The van der Waals surface area contributed by atoms with Gasteiger partial charge in [-0.15, -0.1) is 0 Å². The summed E-state index contributed by atoms with van der Waals surface area (Å²) < 4.78 is 0. The molecule has 0 atom stereocenters. The van der Waals surface area contributed by atoms with Crippen LogP contribution in [0.2, 0.25) is 0 Å². The van der Waals surface area contributed by atoms with E-state index in [1.807, 2.05) is 20.0 Å². The predicted molar refractivity (Wildman–Crippen MR) is 81.8 cm³/mol. The molecule has 108 valence electrons. The molecule has 0 saturated heterocycles. The van der Waals surface area contributed by atoms with Gasteiger partial charge in [-0.1, -0.05) is 13.8 Å². The fourth-order valence-corrected chi connectivity index (χ4v) is 2.01. The minimum Gasteiger partial charge on any atom is -0.359 e. The molecular formula is C14H27N5. The molecule has 0 bridgehead atoms. The molecule has 5 heteroatoms. The van der Waals surface area contributed by atoms with Gasteiger partial charge >= 0.3 is 0 Å². The highest BCUT2D eigenvalue weighted by Crippen LogP contribution is 2.18. The number of hydrogen-bond donors (Lipinski definition) is 1. The van der Waals surface area contributed by atoms with Gasteiger partial charge < -0.3 is 15.5 Å². The molecule has 0 aromatic carbocycles. The SMILES string of the molecule is Cc1nc(N(C)CCCN)cc(N(C)CC(C)C)n1. The van der Waals surface area contributed by atoms with Crippen LogP contribution in [-0.4, -0.2) is 43.7 Å². The molecule has 0 amide bonds. The van der Waals surface area contributed by atoms with E-state index in [1.165, 1.54) is 0 Å². The van der Waals surface area contributed by atoms with Crippen LogP contribution in [0, 0.1) is 12.8 Å². The zero-order valence-corrected chi connectivity index (χ0v) is 12.8. The van der Waals surface area contributed by atoms with E-state index in [4.69, 9.17) is 5.73 Å². The maximum atomic E-state index is 5.55. The van der Waals surface area contributed by atoms with Crippen LogP contribution in [0.5, 0.6) is 0 Å². The molecule has 0 aliphatic carbocycles. The molecule has 1 rings (SSSR count). The molecule has 5 nitrogen and oxygen atoms in total. The van der Waals surface area contributed by atoms with Gasteiger partial charge in [0.05, 0.1) is 0 Å². The first kappa shape index (κ1) is 15.7. The lowest BCUT2D eigenvalue weighted by Crippen LogP contribution is -2.26. The molecule has 19 heavy (non-hydrogen) atoms. The van der Waals surface area contributed by atoms with Gasteiger partial charge in [0.2, 0.25) is 0 Å². The van der Waals surface area contributed by atoms with Crippen LogP contribution < -0.4 is 15.5 Å². The summed E-state index contributed by atoms with van der Waals surface area (Å²) in [5.41, 5.74) is 5.55. The van der Waals surface area contributed by atoms with Gasteiger partial charge in [-0.05, 0) is 25.8 Å². The summed E-state index contributed by atoms with van der Waals surface area (Å²) in [5.74, 6) is 3.36. The summed E-state index contributed by atoms with van der Waals surface area (Å²) in [7, 11) is 4.12. The van der Waals surface area contributed by atoms with Crippen LogP contribution in [0.3, 0.4) is 0 Å². The average molecular weight is 265 g/mol. The molecule has 0 saturated carbocycles. The van der Waals surface area contributed by atoms with Crippen LogP contribution in [0.25, 0.3) is 0 Å². The summed E-state index contributed by atoms with van der Waals surface area (Å²) >= 11 is 0. The third-order valence-corrected chi connectivity index (χ3v) is 2.93. The van der Waals surface area contributed by atoms with Crippen molar-refractivity contribution < 1.29 is 0 Å². The van der Waals surface area contributed by atoms with E-state index in [1.54, 1.807) is 0 Å². The van der Waals surface area contributed by atoms with Gasteiger partial charge in [0.25, 0.3) is 0 Å². The van der Waals surface area contributed by atoms with Gasteiger partial charge in [-0.2, -0.15) is 0 Å². The second-order valence-corrected chi connectivity index (χ2v) is 5.47. The Kier molecular flexibility index (Phi) is 6.02. The topological polar surface area (TPSA) is 58.3 Å². The molecule has 0 fully saturated rings. The second kappa shape index (κ2) is 7.28. The van der Waals surface area contributed by atoms with Crippen LogP contribution in [0.15, 0.2) is 6.07 Å². The molecule has 2 N–H and O–H groups in total. The Morgan fingerprint density at radius 2 is 1.74 bits per heavy atom. The molecule has 0 unspecified atom stereocenters. The van der Waals surface area contributed by atoms with E-state index in [0.717, 1.165) is 37.0 Å². The Labute approximate surface area is 116 Å². The number of aromatic nitrogens is 2. The van der Waals surface area contributed by atoms with Crippen molar-refractivity contribution >= 4 is 11.6 Å². The number of aryl methyl sites for hydroxylation is 1. The molecule has 0 aliphatic heterocycles. The van der Waals surface area contributed by atoms with Crippen molar-refractivity contribution in [3.05, 3.63) is 11.9 Å². The van der Waals surface area contributed by atoms with Gasteiger partial charge in [0, 0.05) is 33.3 Å². The minimum atomic E-state index is 0.610. The zero-order chi connectivity index (χ0) is 14.4. The maximum Gasteiger partial charge on any atom is 0.134 e. The Morgan fingerprint density at radius 3 is 2.26 bits per heavy atom. The molecular weight excluding hydrogens is 238 g/mol. The van der Waals surface area contributed by atoms with Crippen molar-refractivity contribution in [3.8, 4) is 0 Å². The van der Waals surface area contributed by atoms with Crippen LogP contribution >= 0.6 is 0 Å². The van der Waals surface area contributed by atoms with Crippen molar-refractivity contribution in [1.29, 1.82) is 0 Å². The largest absolute Gasteiger partial charge is 0.359 e. The number of anilines is 2. The first-order valence-electron chi connectivity index (χ1n) is 6.92. The lowest BCUT2D eigenvalue weighted by atomic mass is 10.2. The van der Waals surface area contributed by atoms with E-state index >= 15 is 0 Å². The predicted octanol–water partition coefficient (Wildman–Crippen LogP) is 1.66. The standard InChI is InChI=1S/C14H27N5/c1-11(2)10-19(5)14-9-13(16-12(3)17-14)18(4)8-6-7-15/h9,11H,6-8,10,15H2,1-5H3. The molecule has 0 radical (unpaired) electrons. The van der Waals surface area contributed by atoms with E-state index in [-0.39, 0.29) is 0 Å². The summed E-state index contributed by atoms with van der Waals surface area (Å²) in [4.78, 5) is 13.3. The summed E-state index contributed by atoms with van der Waals surface area (Å²) in [6.45, 7) is 8.96. The second-order valence-electron chi connectivity index (χ2n) is 5.47. The van der Waals surface area contributed by atoms with Gasteiger partial charge in [-0.25, -0.2) is 9.97 Å². The molecule has 1 heterocycles. The summed E-state index contributed by atoms with van der Waals surface area (Å²) in [6.07, 6.45) is 0.969. The lowest BCUT2D eigenvalue weighted by molar-refractivity contribution is 0.633. The minimum absolute atomic E-state index is 0.610. The number of nitrogens with zero attached hydrogens (tertiary/aromatic N) is 4. The molecule has 1 aromatic rings. The van der Waals surface area contributed by atoms with Crippen LogP contribution in [0.4, 0.5) is 11.6 Å². The first-order valence-corrected chi connectivity index (χ1v) is 6.92. The van der Waals surface area contributed by atoms with E-state index in [9.17, 15) is 0 Å². The monoisotopic (exact) mass is 265 g/mol. The van der Waals surface area contributed by atoms with Crippen molar-refractivity contribution in [2.24, 2.45) is 11.7 Å². The summed E-state index contributed by atoms with van der Waals surface area (Å²) in [6, 6.07) is 2.05. The van der Waals surface area contributed by atoms with Gasteiger partial charge in [-0.3, -0.25) is 0 Å². The van der Waals surface area contributed by atoms with Gasteiger partial charge in [0.15, 0.2) is 0 Å². The zero-order valence-electron chi connectivity index (χ0n) is 12.8. The average Bonchev–Trinajstić information content (AvgIpc) is 2.34. The third-order valence-electron chi connectivity index (χ3n) is 2.93. The fourth-order valence-electron chi connectivity index (χ4n) is 2.01. The van der Waals surface area contributed by atoms with E-state index < -0.39 is 0 Å². The molecule has 0 spiro atoms. The highest BCUT2D eigenvalue weighted by molar-refractivity contribution is 5.50. The van der Waals surface area contributed by atoms with Crippen molar-refractivity contribution in [1.82, 2.24) is 9.97 Å². The maximum absolute atomic E-state index is 5.55. The van der Waals surface area contributed by atoms with Crippen molar-refractivity contribution in [3.63, 3.8) is 0 Å². The lowest BCUT2D eigenvalue weighted by Gasteiger charge is -2.23. The Bertz CT molecular complexity index is 391. The van der Waals surface area contributed by atoms with Crippen LogP contribution in [-0.2, 0) is 0 Å². The summed E-state index contributed by atoms with van der Waals surface area (Å²) in [5, 5.41) is 0.